The molecule has 7 heteroatoms. The van der Waals surface area contributed by atoms with Gasteiger partial charge in [-0.3, -0.25) is 4.79 Å². The number of benzene rings is 2. The van der Waals surface area contributed by atoms with E-state index in [1.165, 1.54) is 0 Å². The van der Waals surface area contributed by atoms with Gasteiger partial charge in [0.15, 0.2) is 0 Å². The van der Waals surface area contributed by atoms with Gasteiger partial charge in [0, 0.05) is 24.5 Å². The fraction of sp³-hybridized carbons (Fsp3) is 0.286. The molecule has 1 aromatic heterocycles. The monoisotopic (exact) mass is 396 g/mol. The molecule has 1 saturated heterocycles. The summed E-state index contributed by atoms with van der Waals surface area (Å²) < 4.78 is 7.51. The van der Waals surface area contributed by atoms with Crippen molar-refractivity contribution in [2.75, 3.05) is 13.1 Å². The van der Waals surface area contributed by atoms with Gasteiger partial charge in [-0.25, -0.2) is 4.68 Å². The number of carbonyl (C=O) groups excluding carboxylic acids is 1. The first-order valence-corrected chi connectivity index (χ1v) is 9.66. The van der Waals surface area contributed by atoms with Crippen LogP contribution >= 0.6 is 11.6 Å². The maximum Gasteiger partial charge on any atom is 0.223 e. The summed E-state index contributed by atoms with van der Waals surface area (Å²) in [5.74, 6) is 0.959. The third kappa shape index (κ3) is 4.51. The molecule has 1 aliphatic rings. The molecule has 6 nitrogen and oxygen atoms in total. The maximum atomic E-state index is 12.4. The number of carbonyl (C=O) groups is 1. The van der Waals surface area contributed by atoms with Crippen molar-refractivity contribution in [1.82, 2.24) is 19.9 Å². The summed E-state index contributed by atoms with van der Waals surface area (Å²) >= 11 is 5.99. The topological polar surface area (TPSA) is 60.2 Å². The summed E-state index contributed by atoms with van der Waals surface area (Å²) in [6.07, 6.45) is 3.08. The molecule has 0 atom stereocenters. The van der Waals surface area contributed by atoms with E-state index in [9.17, 15) is 4.79 Å². The van der Waals surface area contributed by atoms with E-state index in [-0.39, 0.29) is 11.9 Å². The molecule has 1 fully saturated rings. The van der Waals surface area contributed by atoms with Crippen molar-refractivity contribution in [3.05, 3.63) is 77.1 Å². The van der Waals surface area contributed by atoms with Crippen LogP contribution in [0.25, 0.3) is 0 Å². The molecule has 3 aromatic rings. The molecule has 2 aromatic carbocycles. The second kappa shape index (κ2) is 8.44. The quantitative estimate of drug-likeness (QED) is 0.613. The van der Waals surface area contributed by atoms with E-state index in [1.54, 1.807) is 0 Å². The van der Waals surface area contributed by atoms with Crippen LogP contribution < -0.4 is 4.74 Å². The molecule has 0 saturated carbocycles. The molecule has 0 radical (unpaired) electrons. The zero-order valence-electron chi connectivity index (χ0n) is 15.4. The lowest BCUT2D eigenvalue weighted by Crippen LogP contribution is -2.51. The van der Waals surface area contributed by atoms with Crippen molar-refractivity contribution in [2.45, 2.75) is 25.5 Å². The first-order chi connectivity index (χ1) is 13.7. The van der Waals surface area contributed by atoms with Gasteiger partial charge >= 0.3 is 0 Å². The highest BCUT2D eigenvalue weighted by atomic mass is 35.5. The predicted octanol–water partition coefficient (Wildman–Crippen LogP) is 3.53. The van der Waals surface area contributed by atoms with Gasteiger partial charge in [-0.15, -0.1) is 5.10 Å². The van der Waals surface area contributed by atoms with E-state index >= 15 is 0 Å². The van der Waals surface area contributed by atoms with Crippen LogP contribution in [-0.4, -0.2) is 38.9 Å². The number of hydrogen-bond donors (Lipinski definition) is 0. The second-order valence-corrected chi connectivity index (χ2v) is 7.31. The second-order valence-electron chi connectivity index (χ2n) is 6.87. The van der Waals surface area contributed by atoms with Crippen molar-refractivity contribution >= 4 is 17.5 Å². The summed E-state index contributed by atoms with van der Waals surface area (Å²) in [5, 5.41) is 9.04. The van der Waals surface area contributed by atoms with Crippen LogP contribution in [-0.2, 0) is 17.8 Å². The molecule has 0 N–H and O–H groups in total. The van der Waals surface area contributed by atoms with E-state index in [0.717, 1.165) is 17.0 Å². The zero-order chi connectivity index (χ0) is 19.3. The van der Waals surface area contributed by atoms with Gasteiger partial charge in [0.2, 0.25) is 5.91 Å². The molecule has 0 bridgehead atoms. The van der Waals surface area contributed by atoms with E-state index in [1.807, 2.05) is 70.4 Å². The third-order valence-electron chi connectivity index (χ3n) is 4.79. The lowest BCUT2D eigenvalue weighted by atomic mass is 10.1. The Bertz CT molecular complexity index is 938. The molecule has 0 unspecified atom stereocenters. The van der Waals surface area contributed by atoms with E-state index in [4.69, 9.17) is 16.3 Å². The zero-order valence-corrected chi connectivity index (χ0v) is 16.1. The Balaban J connectivity index is 1.22. The highest BCUT2D eigenvalue weighted by molar-refractivity contribution is 6.30. The number of likely N-dealkylation sites (tertiary alicyclic amines) is 1. The SMILES string of the molecule is O=C(CCc1cccc(Cl)c1)N1CC(n2cc(COc3ccccc3)nn2)C1. The van der Waals surface area contributed by atoms with Crippen LogP contribution in [0.4, 0.5) is 0 Å². The summed E-state index contributed by atoms with van der Waals surface area (Å²) in [6, 6.07) is 17.4. The number of amides is 1. The largest absolute Gasteiger partial charge is 0.487 e. The lowest BCUT2D eigenvalue weighted by Gasteiger charge is -2.39. The van der Waals surface area contributed by atoms with Crippen molar-refractivity contribution in [1.29, 1.82) is 0 Å². The normalized spacial score (nSPS) is 14.0. The molecule has 1 aliphatic heterocycles. The molecule has 4 rings (SSSR count). The Morgan fingerprint density at radius 2 is 1.96 bits per heavy atom. The Kier molecular flexibility index (Phi) is 5.58. The number of para-hydroxylation sites is 1. The molecule has 28 heavy (non-hydrogen) atoms. The average Bonchev–Trinajstić information content (AvgIpc) is 3.13. The third-order valence-corrected chi connectivity index (χ3v) is 5.03. The average molecular weight is 397 g/mol. The Morgan fingerprint density at radius 3 is 2.75 bits per heavy atom. The summed E-state index contributed by atoms with van der Waals surface area (Å²) in [7, 11) is 0. The molecular weight excluding hydrogens is 376 g/mol. The maximum absolute atomic E-state index is 12.4. The Labute approximate surface area is 168 Å². The summed E-state index contributed by atoms with van der Waals surface area (Å²) in [5.41, 5.74) is 1.85. The molecule has 0 spiro atoms. The van der Waals surface area contributed by atoms with Gasteiger partial charge in [0.25, 0.3) is 0 Å². The summed E-state index contributed by atoms with van der Waals surface area (Å²) in [4.78, 5) is 14.2. The van der Waals surface area contributed by atoms with Crippen LogP contribution in [0.5, 0.6) is 5.75 Å². The molecule has 0 aliphatic carbocycles. The predicted molar refractivity (Wildman–Crippen MR) is 106 cm³/mol. The lowest BCUT2D eigenvalue weighted by molar-refractivity contribution is -0.137. The standard InChI is InChI=1S/C21H21ClN4O2/c22-17-6-4-5-16(11-17)9-10-21(27)25-13-19(14-25)26-12-18(23-24-26)15-28-20-7-2-1-3-8-20/h1-8,11-12,19H,9-10,13-15H2. The van der Waals surface area contributed by atoms with Crippen molar-refractivity contribution in [2.24, 2.45) is 0 Å². The minimum Gasteiger partial charge on any atom is -0.487 e. The number of nitrogens with zero attached hydrogens (tertiary/aromatic N) is 4. The van der Waals surface area contributed by atoms with Crippen LogP contribution in [0, 0.1) is 0 Å². The Hall–Kier alpha value is -2.86. The minimum atomic E-state index is 0.156. The van der Waals surface area contributed by atoms with Crippen molar-refractivity contribution in [3.8, 4) is 5.75 Å². The van der Waals surface area contributed by atoms with E-state index in [2.05, 4.69) is 10.3 Å². The van der Waals surface area contributed by atoms with Crippen LogP contribution in [0.1, 0.15) is 23.7 Å². The minimum absolute atomic E-state index is 0.156. The van der Waals surface area contributed by atoms with Gasteiger partial charge in [-0.1, -0.05) is 47.1 Å². The molecule has 2 heterocycles. The Morgan fingerprint density at radius 1 is 1.14 bits per heavy atom. The number of aromatic nitrogens is 3. The number of hydrogen-bond acceptors (Lipinski definition) is 4. The molecule has 1 amide bonds. The van der Waals surface area contributed by atoms with Crippen LogP contribution in [0.2, 0.25) is 5.02 Å². The fourth-order valence-corrected chi connectivity index (χ4v) is 3.37. The van der Waals surface area contributed by atoms with Gasteiger partial charge in [0.1, 0.15) is 18.1 Å². The van der Waals surface area contributed by atoms with Crippen LogP contribution in [0.15, 0.2) is 60.8 Å². The number of aryl methyl sites for hydroxylation is 1. The first kappa shape index (κ1) is 18.5. The molecule has 144 valence electrons. The smallest absolute Gasteiger partial charge is 0.223 e. The first-order valence-electron chi connectivity index (χ1n) is 9.28. The molecular formula is C21H21ClN4O2. The fourth-order valence-electron chi connectivity index (χ4n) is 3.16. The van der Waals surface area contributed by atoms with Gasteiger partial charge in [0.05, 0.1) is 12.2 Å². The number of ether oxygens (including phenoxy) is 1. The van der Waals surface area contributed by atoms with Gasteiger partial charge in [-0.2, -0.15) is 0 Å². The van der Waals surface area contributed by atoms with Gasteiger partial charge in [-0.05, 0) is 36.2 Å². The van der Waals surface area contributed by atoms with Crippen LogP contribution in [0.3, 0.4) is 0 Å². The summed E-state index contributed by atoms with van der Waals surface area (Å²) in [6.45, 7) is 1.70. The van der Waals surface area contributed by atoms with E-state index in [0.29, 0.717) is 37.6 Å². The highest BCUT2D eigenvalue weighted by Crippen LogP contribution is 2.22. The highest BCUT2D eigenvalue weighted by Gasteiger charge is 2.32. The number of rotatable bonds is 7. The van der Waals surface area contributed by atoms with Gasteiger partial charge < -0.3 is 9.64 Å². The van der Waals surface area contributed by atoms with Crippen molar-refractivity contribution < 1.29 is 9.53 Å². The van der Waals surface area contributed by atoms with Crippen molar-refractivity contribution in [3.63, 3.8) is 0 Å². The van der Waals surface area contributed by atoms with E-state index < -0.39 is 0 Å². The number of halogens is 1.